The van der Waals surface area contributed by atoms with Gasteiger partial charge in [-0.15, -0.1) is 0 Å². The van der Waals surface area contributed by atoms with Gasteiger partial charge in [0.05, 0.1) is 18.4 Å². The summed E-state index contributed by atoms with van der Waals surface area (Å²) in [6, 6.07) is 17.8. The van der Waals surface area contributed by atoms with Gasteiger partial charge in [-0.25, -0.2) is 9.78 Å². The fourth-order valence-corrected chi connectivity index (χ4v) is 3.40. The number of carbonyl (C=O) groups excluding carboxylic acids is 1. The molecule has 0 aliphatic carbocycles. The number of nitrogens with zero attached hydrogens (tertiary/aromatic N) is 3. The van der Waals surface area contributed by atoms with Gasteiger partial charge in [-0.1, -0.05) is 30.3 Å². The molecule has 2 aromatic carbocycles. The van der Waals surface area contributed by atoms with E-state index in [0.717, 1.165) is 48.9 Å². The lowest BCUT2D eigenvalue weighted by Gasteiger charge is -2.29. The molecule has 7 nitrogen and oxygen atoms in total. The van der Waals surface area contributed by atoms with Crippen molar-refractivity contribution in [2.45, 2.75) is 6.54 Å². The van der Waals surface area contributed by atoms with E-state index in [-0.39, 0.29) is 6.03 Å². The first-order valence-corrected chi connectivity index (χ1v) is 9.86. The van der Waals surface area contributed by atoms with Crippen molar-refractivity contribution >= 4 is 17.4 Å². The number of carbonyl (C=O) groups is 1. The molecule has 2 amide bonds. The number of rotatable bonds is 5. The predicted molar refractivity (Wildman–Crippen MR) is 116 cm³/mol. The van der Waals surface area contributed by atoms with Crippen LogP contribution < -0.4 is 15.5 Å². The minimum Gasteiger partial charge on any atom is -0.369 e. The maximum Gasteiger partial charge on any atom is 0.321 e. The van der Waals surface area contributed by atoms with Crippen LogP contribution in [-0.4, -0.2) is 54.1 Å². The van der Waals surface area contributed by atoms with Crippen molar-refractivity contribution in [3.05, 3.63) is 66.6 Å². The first-order chi connectivity index (χ1) is 14.2. The number of aromatic nitrogens is 2. The highest BCUT2D eigenvalue weighted by molar-refractivity contribution is 5.89. The zero-order valence-electron chi connectivity index (χ0n) is 16.6. The lowest BCUT2D eigenvalue weighted by atomic mass is 10.2. The van der Waals surface area contributed by atoms with Gasteiger partial charge in [0.2, 0.25) is 0 Å². The number of nitrogens with one attached hydrogen (secondary N) is 3. The van der Waals surface area contributed by atoms with Gasteiger partial charge in [0, 0.05) is 44.6 Å². The Morgan fingerprint density at radius 1 is 1.10 bits per heavy atom. The summed E-state index contributed by atoms with van der Waals surface area (Å²) in [7, 11) is 1.76. The molecule has 0 radical (unpaired) electrons. The van der Waals surface area contributed by atoms with E-state index in [2.05, 4.69) is 37.6 Å². The summed E-state index contributed by atoms with van der Waals surface area (Å²) in [6.07, 6.45) is 1.80. The Morgan fingerprint density at radius 2 is 1.83 bits per heavy atom. The minimum absolute atomic E-state index is 0.169. The quantitative estimate of drug-likeness (QED) is 0.626. The zero-order chi connectivity index (χ0) is 20.1. The largest absolute Gasteiger partial charge is 0.369 e. The number of hydrogen-bond acceptors (Lipinski definition) is 4. The second-order valence-corrected chi connectivity index (χ2v) is 7.18. The van der Waals surface area contributed by atoms with E-state index in [1.165, 1.54) is 5.69 Å². The summed E-state index contributed by atoms with van der Waals surface area (Å²) in [4.78, 5) is 24.2. The first-order valence-electron chi connectivity index (χ1n) is 9.86. The minimum atomic E-state index is -0.169. The van der Waals surface area contributed by atoms with E-state index < -0.39 is 0 Å². The average molecular weight is 390 g/mol. The van der Waals surface area contributed by atoms with Crippen LogP contribution in [0.25, 0.3) is 11.3 Å². The lowest BCUT2D eigenvalue weighted by molar-refractivity contribution is 0.219. The maximum absolute atomic E-state index is 12.5. The molecule has 1 saturated heterocycles. The first kappa shape index (κ1) is 19.0. The predicted octanol–water partition coefficient (Wildman–Crippen LogP) is 3.15. The molecule has 4 rings (SSSR count). The fourth-order valence-electron chi connectivity index (χ4n) is 3.40. The molecule has 1 fully saturated rings. The molecule has 150 valence electrons. The van der Waals surface area contributed by atoms with E-state index in [9.17, 15) is 4.79 Å². The van der Waals surface area contributed by atoms with Gasteiger partial charge in [-0.3, -0.25) is 0 Å². The molecule has 3 aromatic rings. The second kappa shape index (κ2) is 8.79. The Balaban J connectivity index is 1.33. The van der Waals surface area contributed by atoms with Gasteiger partial charge in [0.1, 0.15) is 5.82 Å². The van der Waals surface area contributed by atoms with Crippen LogP contribution in [0.5, 0.6) is 0 Å². The fraction of sp³-hybridized carbons (Fsp3) is 0.273. The number of aromatic amines is 1. The van der Waals surface area contributed by atoms with Crippen molar-refractivity contribution in [1.82, 2.24) is 20.2 Å². The Morgan fingerprint density at radius 3 is 2.55 bits per heavy atom. The van der Waals surface area contributed by atoms with Crippen molar-refractivity contribution in [1.29, 1.82) is 0 Å². The molecule has 0 unspecified atom stereocenters. The molecule has 1 aromatic heterocycles. The highest BCUT2D eigenvalue weighted by Crippen LogP contribution is 2.19. The number of amides is 2. The topological polar surface area (TPSA) is 76.3 Å². The molecular formula is C22H26N6O. The summed E-state index contributed by atoms with van der Waals surface area (Å²) < 4.78 is 0. The Hall–Kier alpha value is -3.32. The van der Waals surface area contributed by atoms with Gasteiger partial charge in [-0.05, 0) is 29.8 Å². The molecule has 1 aliphatic rings. The number of urea groups is 1. The highest BCUT2D eigenvalue weighted by Gasteiger charge is 2.13. The molecule has 0 atom stereocenters. The van der Waals surface area contributed by atoms with E-state index in [4.69, 9.17) is 0 Å². The number of benzene rings is 2. The van der Waals surface area contributed by atoms with Gasteiger partial charge in [0.25, 0.3) is 0 Å². The summed E-state index contributed by atoms with van der Waals surface area (Å²) in [5.41, 5.74) is 3.98. The molecule has 2 heterocycles. The van der Waals surface area contributed by atoms with Crippen LogP contribution in [-0.2, 0) is 6.54 Å². The van der Waals surface area contributed by atoms with Crippen LogP contribution in [0, 0.1) is 0 Å². The zero-order valence-corrected chi connectivity index (χ0v) is 16.6. The molecule has 0 spiro atoms. The summed E-state index contributed by atoms with van der Waals surface area (Å²) in [6.45, 7) is 4.41. The highest BCUT2D eigenvalue weighted by atomic mass is 16.2. The van der Waals surface area contributed by atoms with Crippen molar-refractivity contribution in [3.8, 4) is 11.3 Å². The Labute approximate surface area is 170 Å². The molecular weight excluding hydrogens is 364 g/mol. The number of hydrogen-bond donors (Lipinski definition) is 3. The number of imidazole rings is 1. The van der Waals surface area contributed by atoms with Crippen LogP contribution in [0.1, 0.15) is 5.82 Å². The average Bonchev–Trinajstić information content (AvgIpc) is 3.24. The third kappa shape index (κ3) is 4.75. The summed E-state index contributed by atoms with van der Waals surface area (Å²) >= 11 is 0. The number of anilines is 2. The third-order valence-corrected chi connectivity index (χ3v) is 5.05. The molecule has 29 heavy (non-hydrogen) atoms. The maximum atomic E-state index is 12.5. The van der Waals surface area contributed by atoms with Crippen LogP contribution in [0.3, 0.4) is 0 Å². The van der Waals surface area contributed by atoms with E-state index in [0.29, 0.717) is 6.54 Å². The molecule has 1 aliphatic heterocycles. The Kier molecular flexibility index (Phi) is 5.76. The smallest absolute Gasteiger partial charge is 0.321 e. The molecule has 3 N–H and O–H groups in total. The lowest BCUT2D eigenvalue weighted by Crippen LogP contribution is -2.43. The van der Waals surface area contributed by atoms with Gasteiger partial charge in [0.15, 0.2) is 0 Å². The summed E-state index contributed by atoms with van der Waals surface area (Å²) in [5, 5.41) is 6.30. The molecule has 0 bridgehead atoms. The van der Waals surface area contributed by atoms with Crippen molar-refractivity contribution < 1.29 is 4.79 Å². The number of piperazine rings is 1. The second-order valence-electron chi connectivity index (χ2n) is 7.18. The molecule has 0 saturated carbocycles. The van der Waals surface area contributed by atoms with E-state index >= 15 is 0 Å². The SMILES string of the molecule is CN(Cc1ncc(-c2ccccc2)[nH]1)C(=O)Nc1ccc(N2CCNCC2)cc1. The van der Waals surface area contributed by atoms with Crippen molar-refractivity contribution in [2.75, 3.05) is 43.4 Å². The van der Waals surface area contributed by atoms with Crippen LogP contribution >= 0.6 is 0 Å². The van der Waals surface area contributed by atoms with E-state index in [1.807, 2.05) is 42.5 Å². The van der Waals surface area contributed by atoms with Crippen LogP contribution in [0.15, 0.2) is 60.8 Å². The third-order valence-electron chi connectivity index (χ3n) is 5.05. The monoisotopic (exact) mass is 390 g/mol. The van der Waals surface area contributed by atoms with Crippen molar-refractivity contribution in [3.63, 3.8) is 0 Å². The van der Waals surface area contributed by atoms with Crippen LogP contribution in [0.4, 0.5) is 16.2 Å². The Bertz CT molecular complexity index is 931. The van der Waals surface area contributed by atoms with Crippen LogP contribution in [0.2, 0.25) is 0 Å². The standard InChI is InChI=1S/C22H26N6O/c1-27(16-21-24-15-20(26-21)17-5-3-2-4-6-17)22(29)25-18-7-9-19(10-8-18)28-13-11-23-12-14-28/h2-10,15,23H,11-14,16H2,1H3,(H,24,26)(H,25,29). The molecule has 7 heteroatoms. The summed E-state index contributed by atoms with van der Waals surface area (Å²) in [5.74, 6) is 0.746. The normalized spacial score (nSPS) is 13.9. The van der Waals surface area contributed by atoms with Gasteiger partial charge in [-0.2, -0.15) is 0 Å². The van der Waals surface area contributed by atoms with Gasteiger partial charge < -0.3 is 25.4 Å². The van der Waals surface area contributed by atoms with Gasteiger partial charge >= 0.3 is 6.03 Å². The van der Waals surface area contributed by atoms with E-state index in [1.54, 1.807) is 18.1 Å². The van der Waals surface area contributed by atoms with Crippen molar-refractivity contribution in [2.24, 2.45) is 0 Å². The number of H-pyrrole nitrogens is 1.